The molecule has 0 atom stereocenters. The first-order valence-corrected chi connectivity index (χ1v) is 8.46. The highest BCUT2D eigenvalue weighted by atomic mass is 35.5. The maximum absolute atomic E-state index is 12.6. The van der Waals surface area contributed by atoms with Crippen molar-refractivity contribution in [3.8, 4) is 0 Å². The first-order valence-electron chi connectivity index (χ1n) is 6.64. The zero-order valence-corrected chi connectivity index (χ0v) is 13.0. The molecule has 0 aliphatic carbocycles. The van der Waals surface area contributed by atoms with E-state index in [1.165, 1.54) is 16.4 Å². The first-order chi connectivity index (χ1) is 9.80. The van der Waals surface area contributed by atoms with Crippen molar-refractivity contribution >= 4 is 33.2 Å². The van der Waals surface area contributed by atoms with Crippen LogP contribution in [0, 0.1) is 5.92 Å². The molecule has 1 saturated heterocycles. The summed E-state index contributed by atoms with van der Waals surface area (Å²) in [6.07, 6.45) is 1.53. The van der Waals surface area contributed by atoms with Crippen LogP contribution >= 0.6 is 11.6 Å². The molecule has 1 aliphatic heterocycles. The fourth-order valence-electron chi connectivity index (χ4n) is 2.51. The highest BCUT2D eigenvalue weighted by Crippen LogP contribution is 2.29. The lowest BCUT2D eigenvalue weighted by atomic mass is 9.94. The van der Waals surface area contributed by atoms with E-state index in [0.29, 0.717) is 37.4 Å². The van der Waals surface area contributed by atoms with Crippen LogP contribution in [0.1, 0.15) is 19.3 Å². The van der Waals surface area contributed by atoms with E-state index in [2.05, 4.69) is 0 Å². The molecule has 0 spiro atoms. The molecule has 0 bridgehead atoms. The lowest BCUT2D eigenvalue weighted by molar-refractivity contribution is -0.119. The van der Waals surface area contributed by atoms with Crippen LogP contribution < -0.4 is 11.5 Å². The molecule has 116 valence electrons. The number of benzene rings is 1. The number of carbonyl (C=O) groups excluding carboxylic acids is 1. The average molecular weight is 332 g/mol. The minimum Gasteiger partial charge on any atom is -0.398 e. The summed E-state index contributed by atoms with van der Waals surface area (Å²) in [6.45, 7) is 0.707. The molecular formula is C13H18ClN3O3S. The number of anilines is 1. The van der Waals surface area contributed by atoms with Gasteiger partial charge in [-0.15, -0.1) is 0 Å². The van der Waals surface area contributed by atoms with Crippen molar-refractivity contribution in [3.63, 3.8) is 0 Å². The van der Waals surface area contributed by atoms with Gasteiger partial charge in [0.25, 0.3) is 0 Å². The van der Waals surface area contributed by atoms with Gasteiger partial charge in [0.1, 0.15) is 4.90 Å². The fourth-order valence-corrected chi connectivity index (χ4v) is 4.36. The van der Waals surface area contributed by atoms with Gasteiger partial charge in [0, 0.05) is 24.5 Å². The summed E-state index contributed by atoms with van der Waals surface area (Å²) in [7, 11) is -3.66. The maximum atomic E-state index is 12.6. The van der Waals surface area contributed by atoms with E-state index in [9.17, 15) is 13.2 Å². The summed E-state index contributed by atoms with van der Waals surface area (Å²) in [5.41, 5.74) is 11.1. The predicted molar refractivity (Wildman–Crippen MR) is 81.2 cm³/mol. The first kappa shape index (κ1) is 16.1. The van der Waals surface area contributed by atoms with Gasteiger partial charge in [-0.05, 0) is 37.0 Å². The molecule has 21 heavy (non-hydrogen) atoms. The quantitative estimate of drug-likeness (QED) is 0.808. The number of sulfonamides is 1. The molecule has 0 aromatic heterocycles. The minimum absolute atomic E-state index is 0.0309. The van der Waals surface area contributed by atoms with Crippen molar-refractivity contribution in [3.05, 3.63) is 23.2 Å². The number of halogens is 1. The summed E-state index contributed by atoms with van der Waals surface area (Å²) < 4.78 is 26.6. The number of primary amides is 1. The Labute approximate surface area is 129 Å². The lowest BCUT2D eigenvalue weighted by Gasteiger charge is -2.31. The van der Waals surface area contributed by atoms with Crippen LogP contribution in [0.5, 0.6) is 0 Å². The average Bonchev–Trinajstić information content (AvgIpc) is 2.41. The second-order valence-corrected chi connectivity index (χ2v) is 7.54. The van der Waals surface area contributed by atoms with Gasteiger partial charge in [0.2, 0.25) is 15.9 Å². The number of carbonyl (C=O) groups is 1. The fraction of sp³-hybridized carbons (Fsp3) is 0.462. The lowest BCUT2D eigenvalue weighted by Crippen LogP contribution is -2.39. The Balaban J connectivity index is 2.15. The third-order valence-corrected chi connectivity index (χ3v) is 5.85. The van der Waals surface area contributed by atoms with Gasteiger partial charge in [-0.3, -0.25) is 4.79 Å². The molecule has 0 unspecified atom stereocenters. The number of hydrogen-bond donors (Lipinski definition) is 2. The summed E-state index contributed by atoms with van der Waals surface area (Å²) in [5.74, 6) is -0.207. The van der Waals surface area contributed by atoms with Crippen LogP contribution in [-0.2, 0) is 14.8 Å². The van der Waals surface area contributed by atoms with E-state index in [4.69, 9.17) is 23.1 Å². The van der Waals surface area contributed by atoms with Gasteiger partial charge in [0.05, 0.1) is 5.69 Å². The molecule has 0 saturated carbocycles. The van der Waals surface area contributed by atoms with Gasteiger partial charge in [0.15, 0.2) is 0 Å². The normalized spacial score (nSPS) is 17.8. The van der Waals surface area contributed by atoms with E-state index >= 15 is 0 Å². The van der Waals surface area contributed by atoms with Crippen molar-refractivity contribution in [1.82, 2.24) is 4.31 Å². The Hall–Kier alpha value is -1.31. The second-order valence-electron chi connectivity index (χ2n) is 5.20. The van der Waals surface area contributed by atoms with Crippen molar-refractivity contribution in [1.29, 1.82) is 0 Å². The van der Waals surface area contributed by atoms with E-state index in [-0.39, 0.29) is 22.4 Å². The van der Waals surface area contributed by atoms with Gasteiger partial charge in [-0.25, -0.2) is 8.42 Å². The van der Waals surface area contributed by atoms with Gasteiger partial charge in [-0.2, -0.15) is 4.31 Å². The Bertz CT molecular complexity index is 640. The molecule has 1 aromatic rings. The molecule has 0 radical (unpaired) electrons. The number of nitrogens with zero attached hydrogens (tertiary/aromatic N) is 1. The Morgan fingerprint density at radius 2 is 1.95 bits per heavy atom. The van der Waals surface area contributed by atoms with Gasteiger partial charge < -0.3 is 11.5 Å². The predicted octanol–water partition coefficient (Wildman–Crippen LogP) is 1.20. The Morgan fingerprint density at radius 3 is 2.52 bits per heavy atom. The molecule has 1 amide bonds. The van der Waals surface area contributed by atoms with E-state index in [1.54, 1.807) is 6.07 Å². The molecule has 1 aromatic carbocycles. The van der Waals surface area contributed by atoms with Crippen LogP contribution in [-0.4, -0.2) is 31.7 Å². The van der Waals surface area contributed by atoms with Crippen molar-refractivity contribution < 1.29 is 13.2 Å². The van der Waals surface area contributed by atoms with Crippen molar-refractivity contribution in [2.75, 3.05) is 18.8 Å². The molecule has 2 rings (SSSR count). The smallest absolute Gasteiger partial charge is 0.245 e. The van der Waals surface area contributed by atoms with E-state index < -0.39 is 10.0 Å². The van der Waals surface area contributed by atoms with E-state index in [1.807, 2.05) is 0 Å². The number of piperidine rings is 1. The van der Waals surface area contributed by atoms with Crippen LogP contribution in [0.2, 0.25) is 5.02 Å². The second kappa shape index (κ2) is 6.21. The zero-order valence-electron chi connectivity index (χ0n) is 11.5. The van der Waals surface area contributed by atoms with Crippen LogP contribution in [0.15, 0.2) is 23.1 Å². The summed E-state index contributed by atoms with van der Waals surface area (Å²) >= 11 is 5.85. The minimum atomic E-state index is -3.66. The Kier molecular flexibility index (Phi) is 4.75. The molecular weight excluding hydrogens is 314 g/mol. The van der Waals surface area contributed by atoms with Gasteiger partial charge in [-0.1, -0.05) is 11.6 Å². The SMILES string of the molecule is NC(=O)CC1CCN(S(=O)(=O)c2cc(Cl)ccc2N)CC1. The highest BCUT2D eigenvalue weighted by Gasteiger charge is 2.31. The number of nitrogens with two attached hydrogens (primary N) is 2. The molecule has 1 aliphatic rings. The van der Waals surface area contributed by atoms with Crippen LogP contribution in [0.3, 0.4) is 0 Å². The summed E-state index contributed by atoms with van der Waals surface area (Å²) in [5, 5.41) is 0.325. The van der Waals surface area contributed by atoms with Crippen molar-refractivity contribution in [2.24, 2.45) is 11.7 Å². The standard InChI is InChI=1S/C13H18ClN3O3S/c14-10-1-2-11(15)12(8-10)21(19,20)17-5-3-9(4-6-17)7-13(16)18/h1-2,8-9H,3-7,15H2,(H2,16,18). The third kappa shape index (κ3) is 3.66. The summed E-state index contributed by atoms with van der Waals surface area (Å²) in [6, 6.07) is 4.39. The molecule has 1 fully saturated rings. The number of amides is 1. The highest BCUT2D eigenvalue weighted by molar-refractivity contribution is 7.89. The topological polar surface area (TPSA) is 106 Å². The number of rotatable bonds is 4. The van der Waals surface area contributed by atoms with Crippen LogP contribution in [0.25, 0.3) is 0 Å². The molecule has 4 N–H and O–H groups in total. The maximum Gasteiger partial charge on any atom is 0.245 e. The molecule has 8 heteroatoms. The Morgan fingerprint density at radius 1 is 1.33 bits per heavy atom. The monoisotopic (exact) mass is 331 g/mol. The van der Waals surface area contributed by atoms with Gasteiger partial charge >= 0.3 is 0 Å². The summed E-state index contributed by atoms with van der Waals surface area (Å²) in [4.78, 5) is 10.9. The van der Waals surface area contributed by atoms with Crippen molar-refractivity contribution in [2.45, 2.75) is 24.2 Å². The third-order valence-electron chi connectivity index (χ3n) is 3.66. The van der Waals surface area contributed by atoms with Crippen LogP contribution in [0.4, 0.5) is 5.69 Å². The molecule has 1 heterocycles. The number of hydrogen-bond acceptors (Lipinski definition) is 4. The number of nitrogen functional groups attached to an aromatic ring is 1. The van der Waals surface area contributed by atoms with E-state index in [0.717, 1.165) is 0 Å². The zero-order chi connectivity index (χ0) is 15.6. The molecule has 6 nitrogen and oxygen atoms in total. The largest absolute Gasteiger partial charge is 0.398 e.